The molecule has 534 valence electrons. The van der Waals surface area contributed by atoms with Crippen molar-refractivity contribution in [1.82, 2.24) is 5.32 Å². The summed E-state index contributed by atoms with van der Waals surface area (Å²) in [6.45, 7) is 26.2. The standard InChI is InChI=1S/C81H103NO17/c1-45-32-38-79(40-39-76(12)54(62(79)46(45)2)30-31-58-75(11)36-34-60(95-48(4)83)73(7,8)57(75)33-37-77(58,76)13)72(91)97-65(64(51-24-18-15-19-25-51)82-70(89)52-26-20-16-21-27-52)55(86)35-41-93-56-43-81(92)69(98-71(90)53-28-22-17-23-29-53)67-78(14,59(87)42-61-80(67,44-94-61)99-50(6)85)68(88)66(96-49(5)84)63(47(56)3)74(81,9)10/h15-30,45-46,56-62,64-67,69,87,92H,31-44H2,1-14H3,(H,82,89)/t45-,46+,56+,57+,58-,59+,60+,61-,62?,64?,65?,66-,67+,69+,75+,76-,77-,78-,79+,80+,81-/m1/s1. The molecule has 1 heterocycles. The van der Waals surface area contributed by atoms with E-state index in [4.69, 9.17) is 33.2 Å². The number of hydrogen-bond donors (Lipinski definition) is 3. The Kier molecular flexibility index (Phi) is 18.8. The topological polar surface area (TPSA) is 254 Å². The number of allylic oxidation sites excluding steroid dienone is 2. The van der Waals surface area contributed by atoms with Gasteiger partial charge in [-0.3, -0.25) is 33.6 Å². The van der Waals surface area contributed by atoms with Crippen molar-refractivity contribution in [3.8, 4) is 0 Å². The Morgan fingerprint density at radius 2 is 1.36 bits per heavy atom. The van der Waals surface area contributed by atoms with Crippen LogP contribution in [0.25, 0.3) is 0 Å². The van der Waals surface area contributed by atoms with E-state index in [-0.39, 0.29) is 88.7 Å². The summed E-state index contributed by atoms with van der Waals surface area (Å²) in [4.78, 5) is 117. The number of carbonyl (C=O) groups is 8. The minimum atomic E-state index is -2.32. The van der Waals surface area contributed by atoms with Gasteiger partial charge in [0.15, 0.2) is 29.4 Å². The van der Waals surface area contributed by atoms with E-state index in [1.54, 1.807) is 93.6 Å². The van der Waals surface area contributed by atoms with Crippen molar-refractivity contribution in [2.75, 3.05) is 13.2 Å². The van der Waals surface area contributed by atoms with Crippen LogP contribution in [0.3, 0.4) is 0 Å². The molecule has 1 aliphatic heterocycles. The first-order valence-corrected chi connectivity index (χ1v) is 36.1. The third-order valence-corrected chi connectivity index (χ3v) is 27.8. The first kappa shape index (κ1) is 71.9. The summed E-state index contributed by atoms with van der Waals surface area (Å²) >= 11 is 0. The largest absolute Gasteiger partial charge is 0.462 e. The average molecular weight is 1360 g/mol. The maximum atomic E-state index is 16.4. The Balaban J connectivity index is 0.914. The Bertz CT molecular complexity index is 3750. The third kappa shape index (κ3) is 11.3. The molecule has 3 aromatic carbocycles. The number of nitrogens with one attached hydrogen (secondary N) is 1. The second-order valence-corrected chi connectivity index (χ2v) is 33.1. The lowest BCUT2D eigenvalue weighted by atomic mass is 9.33. The zero-order chi connectivity index (χ0) is 71.5. The van der Waals surface area contributed by atoms with Gasteiger partial charge in [-0.1, -0.05) is 141 Å². The van der Waals surface area contributed by atoms with Crippen molar-refractivity contribution in [3.63, 3.8) is 0 Å². The average Bonchev–Trinajstić information content (AvgIpc) is 0.675. The molecular formula is C81H103NO17. The van der Waals surface area contributed by atoms with Crippen molar-refractivity contribution >= 4 is 47.3 Å². The number of rotatable bonds is 16. The van der Waals surface area contributed by atoms with Gasteiger partial charge in [0.05, 0.1) is 53.8 Å². The van der Waals surface area contributed by atoms with Gasteiger partial charge in [-0.05, 0) is 158 Å². The number of aliphatic hydroxyl groups is 2. The molecule has 6 saturated carbocycles. The Labute approximate surface area is 582 Å². The number of amides is 1. The van der Waals surface area contributed by atoms with Crippen LogP contribution in [0, 0.1) is 73.4 Å². The Hall–Kier alpha value is -6.86. The van der Waals surface area contributed by atoms with Crippen LogP contribution in [0.15, 0.2) is 114 Å². The first-order chi connectivity index (χ1) is 46.6. The van der Waals surface area contributed by atoms with Gasteiger partial charge in [0.1, 0.15) is 23.9 Å². The van der Waals surface area contributed by atoms with Gasteiger partial charge >= 0.3 is 29.8 Å². The second kappa shape index (κ2) is 25.9. The number of Topliss-reactive ketones (excluding diaryl/α,β-unsaturated/α-hetero) is 2. The molecular weight excluding hydrogens is 1260 g/mol. The summed E-state index contributed by atoms with van der Waals surface area (Å²) in [7, 11) is 0. The molecule has 8 aliphatic carbocycles. The summed E-state index contributed by atoms with van der Waals surface area (Å²) < 4.78 is 45.0. The number of ether oxygens (including phenoxy) is 7. The first-order valence-electron chi connectivity index (χ1n) is 36.1. The highest BCUT2D eigenvalue weighted by atomic mass is 16.6. The fourth-order valence-corrected chi connectivity index (χ4v) is 22.1. The van der Waals surface area contributed by atoms with Crippen LogP contribution < -0.4 is 5.32 Å². The van der Waals surface area contributed by atoms with E-state index in [1.165, 1.54) is 38.5 Å². The molecule has 18 nitrogen and oxygen atoms in total. The monoisotopic (exact) mass is 1360 g/mol. The number of ketones is 2. The minimum absolute atomic E-state index is 0.0383. The van der Waals surface area contributed by atoms with Crippen molar-refractivity contribution in [2.45, 2.75) is 234 Å². The summed E-state index contributed by atoms with van der Waals surface area (Å²) in [6.07, 6.45) is -0.550. The van der Waals surface area contributed by atoms with E-state index in [0.717, 1.165) is 45.4 Å². The highest BCUT2D eigenvalue weighted by Gasteiger charge is 2.79. The molecule has 9 aliphatic rings. The SMILES string of the molecule is CC(=O)O[C@H]1C(=O)[C@@]2(C)[C@H]([C@H](OC(=O)c3ccccc3)[C@]3(O)C[C@H](OCCC(=O)C(OC(=O)[C@]45CC[C@@H](C)[C@H](C)C4C4=CC[C@@H]6[C@@]7(C)CC[C@H](OC(C)=O)C(C)(C)[C@@H]7CC[C@@]6(C)[C@]4(C)CC5)C(NC(=O)c4ccccc4)c4ccccc4)C(C)=C1C3(C)C)[C@]1(OC(C)=O)CO[C@@H]1C[C@@H]2O. The van der Waals surface area contributed by atoms with Crippen LogP contribution in [-0.2, 0) is 61.9 Å². The summed E-state index contributed by atoms with van der Waals surface area (Å²) in [5, 5.41) is 29.8. The van der Waals surface area contributed by atoms with Gasteiger partial charge in [-0.2, -0.15) is 0 Å². The molecule has 3 aromatic rings. The van der Waals surface area contributed by atoms with Gasteiger partial charge in [0.2, 0.25) is 0 Å². The molecule has 12 rings (SSSR count). The molecule has 3 unspecified atom stereocenters. The van der Waals surface area contributed by atoms with Gasteiger partial charge in [-0.25, -0.2) is 4.79 Å². The smallest absolute Gasteiger partial charge is 0.338 e. The Morgan fingerprint density at radius 3 is 1.98 bits per heavy atom. The van der Waals surface area contributed by atoms with Crippen LogP contribution in [0.4, 0.5) is 0 Å². The van der Waals surface area contributed by atoms with E-state index >= 15 is 14.4 Å². The number of carbonyl (C=O) groups excluding carboxylic acids is 8. The highest BCUT2D eigenvalue weighted by molar-refractivity contribution is 5.97. The van der Waals surface area contributed by atoms with E-state index < -0.39 is 124 Å². The fourth-order valence-electron chi connectivity index (χ4n) is 22.1. The molecule has 3 N–H and O–H groups in total. The van der Waals surface area contributed by atoms with Gasteiger partial charge < -0.3 is 48.7 Å². The fraction of sp³-hybridized carbons (Fsp3) is 0.630. The molecule has 1 amide bonds. The van der Waals surface area contributed by atoms with Crippen LogP contribution in [0.1, 0.15) is 206 Å². The molecule has 2 bridgehead atoms. The zero-order valence-corrected chi connectivity index (χ0v) is 60.2. The lowest BCUT2D eigenvalue weighted by molar-refractivity contribution is -0.346. The normalized spacial score (nSPS) is 39.0. The van der Waals surface area contributed by atoms with E-state index in [2.05, 4.69) is 59.9 Å². The molecule has 1 saturated heterocycles. The van der Waals surface area contributed by atoms with Gasteiger partial charge in [0, 0.05) is 56.4 Å². The maximum absolute atomic E-state index is 16.4. The zero-order valence-electron chi connectivity index (χ0n) is 60.2. The van der Waals surface area contributed by atoms with Gasteiger partial charge in [-0.15, -0.1) is 0 Å². The lowest BCUT2D eigenvalue weighted by Crippen LogP contribution is -2.82. The second-order valence-electron chi connectivity index (χ2n) is 33.1. The van der Waals surface area contributed by atoms with Crippen LogP contribution in [0.2, 0.25) is 0 Å². The van der Waals surface area contributed by atoms with E-state index in [0.29, 0.717) is 47.8 Å². The van der Waals surface area contributed by atoms with E-state index in [9.17, 15) is 34.2 Å². The highest BCUT2D eigenvalue weighted by Crippen LogP contribution is 2.76. The van der Waals surface area contributed by atoms with Crippen molar-refractivity contribution in [2.24, 2.45) is 73.4 Å². The summed E-state index contributed by atoms with van der Waals surface area (Å²) in [5.74, 6) is -5.93. The molecule has 0 spiro atoms. The van der Waals surface area contributed by atoms with Crippen LogP contribution >= 0.6 is 0 Å². The van der Waals surface area contributed by atoms with Crippen LogP contribution in [-0.4, -0.2) is 125 Å². The van der Waals surface area contributed by atoms with E-state index in [1.807, 2.05) is 6.07 Å². The Morgan fingerprint density at radius 1 is 0.727 bits per heavy atom. The number of hydrogen-bond acceptors (Lipinski definition) is 17. The third-order valence-electron chi connectivity index (χ3n) is 27.8. The number of esters is 5. The maximum Gasteiger partial charge on any atom is 0.338 e. The number of fused-ring (bicyclic) bond motifs is 12. The quantitative estimate of drug-likeness (QED) is 0.0684. The summed E-state index contributed by atoms with van der Waals surface area (Å²) in [5.41, 5.74) is -6.81. The van der Waals surface area contributed by atoms with Crippen molar-refractivity contribution in [1.29, 1.82) is 0 Å². The summed E-state index contributed by atoms with van der Waals surface area (Å²) in [6, 6.07) is 24.4. The minimum Gasteiger partial charge on any atom is -0.462 e. The molecule has 7 fully saturated rings. The predicted molar refractivity (Wildman–Crippen MR) is 366 cm³/mol. The predicted octanol–water partition coefficient (Wildman–Crippen LogP) is 12.3. The van der Waals surface area contributed by atoms with Gasteiger partial charge in [0.25, 0.3) is 5.91 Å². The number of benzene rings is 3. The number of aliphatic hydroxyl groups excluding tert-OH is 1. The molecule has 21 atom stereocenters. The van der Waals surface area contributed by atoms with Crippen molar-refractivity contribution in [3.05, 3.63) is 130 Å². The van der Waals surface area contributed by atoms with Crippen molar-refractivity contribution < 1.29 is 81.7 Å². The lowest BCUT2D eigenvalue weighted by Gasteiger charge is -2.71. The molecule has 0 radical (unpaired) electrons. The molecule has 0 aromatic heterocycles. The molecule has 99 heavy (non-hydrogen) atoms. The molecule has 18 heteroatoms. The van der Waals surface area contributed by atoms with Crippen LogP contribution in [0.5, 0.6) is 0 Å².